The number of halogens is 1. The number of rotatable bonds is 4. The predicted octanol–water partition coefficient (Wildman–Crippen LogP) is 2.57. The van der Waals surface area contributed by atoms with Crippen molar-refractivity contribution < 1.29 is 13.7 Å². The predicted molar refractivity (Wildman–Crippen MR) is 90.3 cm³/mol. The third kappa shape index (κ3) is 3.58. The van der Waals surface area contributed by atoms with Crippen molar-refractivity contribution in [3.8, 4) is 0 Å². The van der Waals surface area contributed by atoms with Crippen molar-refractivity contribution in [1.82, 2.24) is 15.0 Å². The Hall–Kier alpha value is -2.21. The van der Waals surface area contributed by atoms with Crippen LogP contribution < -0.4 is 0 Å². The molecule has 2 heterocycles. The minimum atomic E-state index is -0.231. The molecule has 0 unspecified atom stereocenters. The van der Waals surface area contributed by atoms with E-state index in [9.17, 15) is 9.18 Å². The van der Waals surface area contributed by atoms with Crippen LogP contribution in [0.15, 0.2) is 34.9 Å². The topological polar surface area (TPSA) is 49.6 Å². The zero-order chi connectivity index (χ0) is 17.4. The van der Waals surface area contributed by atoms with Gasteiger partial charge in [0.05, 0.1) is 5.69 Å². The Kier molecular flexibility index (Phi) is 4.29. The first-order valence-electron chi connectivity index (χ1n) is 8.79. The number of carbonyl (C=O) groups excluding carboxylic acids is 1. The van der Waals surface area contributed by atoms with Crippen molar-refractivity contribution in [2.45, 2.75) is 25.8 Å². The lowest BCUT2D eigenvalue weighted by molar-refractivity contribution is -0.134. The smallest absolute Gasteiger partial charge is 0.226 e. The molecule has 6 heteroatoms. The summed E-state index contributed by atoms with van der Waals surface area (Å²) in [5, 5.41) is 4.03. The number of hydrogen-bond donors (Lipinski definition) is 0. The molecule has 2 aliphatic rings. The van der Waals surface area contributed by atoms with Crippen LogP contribution in [0.5, 0.6) is 0 Å². The van der Waals surface area contributed by atoms with Crippen molar-refractivity contribution in [2.75, 3.05) is 26.2 Å². The molecule has 25 heavy (non-hydrogen) atoms. The molecule has 4 rings (SSSR count). The van der Waals surface area contributed by atoms with Crippen LogP contribution in [0.1, 0.15) is 29.4 Å². The lowest BCUT2D eigenvalue weighted by atomic mass is 10.1. The van der Waals surface area contributed by atoms with Crippen LogP contribution in [0.4, 0.5) is 4.39 Å². The highest BCUT2D eigenvalue weighted by Crippen LogP contribution is 2.48. The number of aromatic nitrogens is 1. The van der Waals surface area contributed by atoms with Gasteiger partial charge >= 0.3 is 0 Å². The van der Waals surface area contributed by atoms with E-state index in [1.165, 1.54) is 12.1 Å². The molecule has 1 aliphatic carbocycles. The summed E-state index contributed by atoms with van der Waals surface area (Å²) in [6.07, 6.45) is 0.878. The number of piperazine rings is 1. The number of benzene rings is 1. The molecule has 132 valence electrons. The first kappa shape index (κ1) is 16.3. The second kappa shape index (κ2) is 6.59. The average molecular weight is 343 g/mol. The van der Waals surface area contributed by atoms with Crippen LogP contribution in [-0.4, -0.2) is 47.0 Å². The lowest BCUT2D eigenvalue weighted by Gasteiger charge is -2.34. The molecule has 0 bridgehead atoms. The quantitative estimate of drug-likeness (QED) is 0.856. The molecule has 5 nitrogen and oxygen atoms in total. The highest BCUT2D eigenvalue weighted by atomic mass is 19.1. The molecule has 0 N–H and O–H groups in total. The van der Waals surface area contributed by atoms with Crippen molar-refractivity contribution in [3.05, 3.63) is 53.2 Å². The Morgan fingerprint density at radius 1 is 1.24 bits per heavy atom. The molecule has 2 aromatic rings. The van der Waals surface area contributed by atoms with Crippen LogP contribution in [-0.2, 0) is 11.3 Å². The molecular weight excluding hydrogens is 321 g/mol. The van der Waals surface area contributed by atoms with Gasteiger partial charge in [0.2, 0.25) is 5.91 Å². The van der Waals surface area contributed by atoms with Gasteiger partial charge in [0, 0.05) is 44.7 Å². The number of carbonyl (C=O) groups is 1. The number of amides is 1. The van der Waals surface area contributed by atoms with E-state index in [2.05, 4.69) is 10.1 Å². The fraction of sp³-hybridized carbons (Fsp3) is 0.474. The molecule has 1 aliphatic heterocycles. The Labute approximate surface area is 146 Å². The lowest BCUT2D eigenvalue weighted by Crippen LogP contribution is -2.48. The van der Waals surface area contributed by atoms with Gasteiger partial charge in [0.25, 0.3) is 0 Å². The van der Waals surface area contributed by atoms with Gasteiger partial charge in [-0.15, -0.1) is 0 Å². The molecule has 1 saturated heterocycles. The highest BCUT2D eigenvalue weighted by Gasteiger charge is 2.46. The fourth-order valence-corrected chi connectivity index (χ4v) is 3.63. The summed E-state index contributed by atoms with van der Waals surface area (Å²) in [5.41, 5.74) is 2.01. The van der Waals surface area contributed by atoms with Crippen molar-refractivity contribution in [2.24, 2.45) is 5.92 Å². The van der Waals surface area contributed by atoms with Gasteiger partial charge < -0.3 is 9.42 Å². The monoisotopic (exact) mass is 343 g/mol. The van der Waals surface area contributed by atoms with E-state index in [0.29, 0.717) is 0 Å². The SMILES string of the molecule is Cc1cc(CN2CCN(C(=O)[C@H]3C[C@@H]3c3ccc(F)cc3)CC2)no1. The van der Waals surface area contributed by atoms with Gasteiger partial charge in [-0.05, 0) is 37.0 Å². The summed E-state index contributed by atoms with van der Waals surface area (Å²) >= 11 is 0. The molecule has 1 aromatic heterocycles. The van der Waals surface area contributed by atoms with Crippen LogP contribution in [0.3, 0.4) is 0 Å². The first-order valence-corrected chi connectivity index (χ1v) is 8.79. The van der Waals surface area contributed by atoms with Gasteiger partial charge in [-0.25, -0.2) is 4.39 Å². The maximum Gasteiger partial charge on any atom is 0.226 e. The van der Waals surface area contributed by atoms with Crippen LogP contribution in [0, 0.1) is 18.7 Å². The molecule has 2 atom stereocenters. The zero-order valence-electron chi connectivity index (χ0n) is 14.3. The maximum absolute atomic E-state index is 13.0. The normalized spacial score (nSPS) is 23.7. The van der Waals surface area contributed by atoms with Crippen LogP contribution in [0.2, 0.25) is 0 Å². The third-order valence-electron chi connectivity index (χ3n) is 5.15. The summed E-state index contributed by atoms with van der Waals surface area (Å²) < 4.78 is 18.1. The molecule has 1 aromatic carbocycles. The summed E-state index contributed by atoms with van der Waals surface area (Å²) in [6.45, 7) is 5.86. The summed E-state index contributed by atoms with van der Waals surface area (Å²) in [4.78, 5) is 17.0. The van der Waals surface area contributed by atoms with E-state index in [4.69, 9.17) is 4.52 Å². The van der Waals surface area contributed by atoms with E-state index in [1.54, 1.807) is 12.1 Å². The van der Waals surface area contributed by atoms with Gasteiger partial charge in [0.1, 0.15) is 11.6 Å². The maximum atomic E-state index is 13.0. The number of aryl methyl sites for hydroxylation is 1. The Bertz CT molecular complexity index is 750. The first-order chi connectivity index (χ1) is 12.1. The van der Waals surface area contributed by atoms with Crippen LogP contribution in [0.25, 0.3) is 0 Å². The van der Waals surface area contributed by atoms with Gasteiger partial charge in [-0.3, -0.25) is 9.69 Å². The van der Waals surface area contributed by atoms with E-state index in [0.717, 1.165) is 56.2 Å². The minimum absolute atomic E-state index is 0.0650. The summed E-state index contributed by atoms with van der Waals surface area (Å²) in [5.74, 6) is 1.15. The average Bonchev–Trinajstić information content (AvgIpc) is 3.31. The second-order valence-electron chi connectivity index (χ2n) is 7.03. The second-order valence-corrected chi connectivity index (χ2v) is 7.03. The van der Waals surface area contributed by atoms with Crippen LogP contribution >= 0.6 is 0 Å². The summed E-state index contributed by atoms with van der Waals surface area (Å²) in [6, 6.07) is 8.49. The molecule has 0 radical (unpaired) electrons. The molecule has 1 amide bonds. The minimum Gasteiger partial charge on any atom is -0.361 e. The fourth-order valence-electron chi connectivity index (χ4n) is 3.63. The molecule has 0 spiro atoms. The van der Waals surface area contributed by atoms with Crippen molar-refractivity contribution in [1.29, 1.82) is 0 Å². The third-order valence-corrected chi connectivity index (χ3v) is 5.15. The molecule has 1 saturated carbocycles. The number of nitrogens with zero attached hydrogens (tertiary/aromatic N) is 3. The van der Waals surface area contributed by atoms with Gasteiger partial charge in [0.15, 0.2) is 0 Å². The van der Waals surface area contributed by atoms with E-state index >= 15 is 0 Å². The zero-order valence-corrected chi connectivity index (χ0v) is 14.3. The van der Waals surface area contributed by atoms with Gasteiger partial charge in [-0.1, -0.05) is 17.3 Å². The van der Waals surface area contributed by atoms with E-state index < -0.39 is 0 Å². The Morgan fingerprint density at radius 2 is 1.96 bits per heavy atom. The van der Waals surface area contributed by atoms with E-state index in [-0.39, 0.29) is 23.6 Å². The Balaban J connectivity index is 1.28. The molecule has 2 fully saturated rings. The largest absolute Gasteiger partial charge is 0.361 e. The van der Waals surface area contributed by atoms with Crippen molar-refractivity contribution in [3.63, 3.8) is 0 Å². The van der Waals surface area contributed by atoms with Gasteiger partial charge in [-0.2, -0.15) is 0 Å². The van der Waals surface area contributed by atoms with E-state index in [1.807, 2.05) is 17.9 Å². The highest BCUT2D eigenvalue weighted by molar-refractivity contribution is 5.83. The molecular formula is C19H22FN3O2. The Morgan fingerprint density at radius 3 is 2.60 bits per heavy atom. The van der Waals surface area contributed by atoms with Crippen molar-refractivity contribution >= 4 is 5.91 Å². The number of hydrogen-bond acceptors (Lipinski definition) is 4. The summed E-state index contributed by atoms with van der Waals surface area (Å²) in [7, 11) is 0. The standard InChI is InChI=1S/C19H22FN3O2/c1-13-10-16(21-25-13)12-22-6-8-23(9-7-22)19(24)18-11-17(18)14-2-4-15(20)5-3-14/h2-5,10,17-18H,6-9,11-12H2,1H3/t17-,18+/m1/s1.